The van der Waals surface area contributed by atoms with Crippen molar-refractivity contribution in [3.05, 3.63) is 77.6 Å². The number of fused-ring (bicyclic) bond motifs is 1. The minimum atomic E-state index is -4.64. The van der Waals surface area contributed by atoms with Crippen molar-refractivity contribution in [1.29, 1.82) is 5.26 Å². The second-order valence-corrected chi connectivity index (χ2v) is 8.59. The van der Waals surface area contributed by atoms with Crippen LogP contribution in [0.2, 0.25) is 0 Å². The Hall–Kier alpha value is -3.38. The van der Waals surface area contributed by atoms with Crippen molar-refractivity contribution in [3.63, 3.8) is 0 Å². The number of anilines is 1. The van der Waals surface area contributed by atoms with Crippen LogP contribution in [0.4, 0.5) is 18.9 Å². The van der Waals surface area contributed by atoms with Crippen LogP contribution in [0, 0.1) is 11.3 Å². The molecular formula is C21H14F3N3O2S. The number of nitrogens with zero attached hydrogens (tertiary/aromatic N) is 3. The number of alkyl halides is 3. The zero-order chi connectivity index (χ0) is 21.5. The third-order valence-electron chi connectivity index (χ3n) is 4.94. The highest BCUT2D eigenvalue weighted by Gasteiger charge is 2.35. The van der Waals surface area contributed by atoms with E-state index in [-0.39, 0.29) is 6.54 Å². The van der Waals surface area contributed by atoms with Crippen LogP contribution < -0.4 is 4.31 Å². The number of benzene rings is 2. The molecule has 30 heavy (non-hydrogen) atoms. The molecule has 5 nitrogen and oxygen atoms in total. The molecule has 0 bridgehead atoms. The van der Waals surface area contributed by atoms with E-state index in [1.807, 2.05) is 6.07 Å². The Morgan fingerprint density at radius 2 is 1.80 bits per heavy atom. The van der Waals surface area contributed by atoms with Crippen LogP contribution in [0.3, 0.4) is 0 Å². The second kappa shape index (κ2) is 7.15. The van der Waals surface area contributed by atoms with Gasteiger partial charge >= 0.3 is 6.18 Å². The van der Waals surface area contributed by atoms with Gasteiger partial charge < -0.3 is 0 Å². The maximum atomic E-state index is 13.1. The molecule has 3 aromatic rings. The fourth-order valence-electron chi connectivity index (χ4n) is 3.47. The smallest absolute Gasteiger partial charge is 0.264 e. The van der Waals surface area contributed by atoms with Gasteiger partial charge in [0.05, 0.1) is 34.0 Å². The van der Waals surface area contributed by atoms with E-state index in [4.69, 9.17) is 5.26 Å². The molecule has 0 fully saturated rings. The predicted molar refractivity (Wildman–Crippen MR) is 104 cm³/mol. The summed E-state index contributed by atoms with van der Waals surface area (Å²) in [6, 6.07) is 12.6. The number of pyridine rings is 1. The molecule has 0 atom stereocenters. The third-order valence-corrected chi connectivity index (χ3v) is 6.75. The third kappa shape index (κ3) is 3.39. The molecule has 4 rings (SSSR count). The molecule has 1 aliphatic heterocycles. The number of aromatic nitrogens is 1. The van der Waals surface area contributed by atoms with Crippen molar-refractivity contribution in [1.82, 2.24) is 4.98 Å². The molecule has 0 aliphatic carbocycles. The van der Waals surface area contributed by atoms with Crippen LogP contribution in [0.5, 0.6) is 0 Å². The summed E-state index contributed by atoms with van der Waals surface area (Å²) in [6.45, 7) is 0.100. The van der Waals surface area contributed by atoms with Crippen molar-refractivity contribution in [2.24, 2.45) is 0 Å². The minimum absolute atomic E-state index is 0.100. The lowest BCUT2D eigenvalue weighted by molar-refractivity contribution is -0.137. The van der Waals surface area contributed by atoms with Gasteiger partial charge in [0, 0.05) is 18.3 Å². The van der Waals surface area contributed by atoms with Crippen LogP contribution in [-0.4, -0.2) is 19.9 Å². The van der Waals surface area contributed by atoms with E-state index in [0.29, 0.717) is 23.7 Å². The van der Waals surface area contributed by atoms with Crippen LogP contribution in [0.15, 0.2) is 65.8 Å². The summed E-state index contributed by atoms with van der Waals surface area (Å²) < 4.78 is 66.4. The van der Waals surface area contributed by atoms with Crippen molar-refractivity contribution in [3.8, 4) is 17.2 Å². The van der Waals surface area contributed by atoms with Gasteiger partial charge in [0.1, 0.15) is 0 Å². The highest BCUT2D eigenvalue weighted by atomic mass is 32.2. The van der Waals surface area contributed by atoms with E-state index >= 15 is 0 Å². The molecule has 2 heterocycles. The standard InChI is InChI=1S/C21H14F3N3O2S/c22-21(23,24)16-2-1-3-17(10-16)30(28,29)27-9-8-18-19(12-26-13-20(18)27)15-6-4-14(11-25)5-7-15/h1-7,10,12-13H,8-9H2. The van der Waals surface area contributed by atoms with Crippen LogP contribution in [0.25, 0.3) is 11.1 Å². The Balaban J connectivity index is 1.76. The summed E-state index contributed by atoms with van der Waals surface area (Å²) in [5.74, 6) is 0. The van der Waals surface area contributed by atoms with Gasteiger partial charge in [-0.25, -0.2) is 8.42 Å². The number of rotatable bonds is 3. The summed E-state index contributed by atoms with van der Waals surface area (Å²) >= 11 is 0. The number of hydrogen-bond donors (Lipinski definition) is 0. The van der Waals surface area contributed by atoms with E-state index in [1.165, 1.54) is 6.20 Å². The lowest BCUT2D eigenvalue weighted by Crippen LogP contribution is -2.29. The SMILES string of the molecule is N#Cc1ccc(-c2cncc3c2CCN3S(=O)(=O)c2cccc(C(F)(F)F)c2)cc1. The molecule has 1 aliphatic rings. The first-order valence-electron chi connectivity index (χ1n) is 8.89. The Morgan fingerprint density at radius 1 is 1.07 bits per heavy atom. The van der Waals surface area contributed by atoms with E-state index in [1.54, 1.807) is 30.5 Å². The van der Waals surface area contributed by atoms with Gasteiger partial charge in [0.25, 0.3) is 10.0 Å². The molecular weight excluding hydrogens is 415 g/mol. The fraction of sp³-hybridized carbons (Fsp3) is 0.143. The molecule has 1 aromatic heterocycles. The molecule has 0 saturated carbocycles. The van der Waals surface area contributed by atoms with Gasteiger partial charge in [-0.05, 0) is 47.9 Å². The largest absolute Gasteiger partial charge is 0.416 e. The van der Waals surface area contributed by atoms with Gasteiger partial charge in [-0.2, -0.15) is 18.4 Å². The predicted octanol–water partition coefficient (Wildman–Crippen LogP) is 4.39. The number of hydrogen-bond acceptors (Lipinski definition) is 4. The highest BCUT2D eigenvalue weighted by molar-refractivity contribution is 7.92. The van der Waals surface area contributed by atoms with Crippen molar-refractivity contribution < 1.29 is 21.6 Å². The van der Waals surface area contributed by atoms with Gasteiger partial charge in [-0.15, -0.1) is 0 Å². The van der Waals surface area contributed by atoms with E-state index in [9.17, 15) is 21.6 Å². The summed E-state index contributed by atoms with van der Waals surface area (Å²) in [6.07, 6.45) is -1.23. The molecule has 2 aromatic carbocycles. The summed E-state index contributed by atoms with van der Waals surface area (Å²) in [5, 5.41) is 8.95. The molecule has 0 unspecified atom stereocenters. The van der Waals surface area contributed by atoms with E-state index in [0.717, 1.165) is 39.2 Å². The maximum Gasteiger partial charge on any atom is 0.416 e. The molecule has 0 radical (unpaired) electrons. The first kappa shape index (κ1) is 19.9. The molecule has 0 N–H and O–H groups in total. The molecule has 0 amide bonds. The topological polar surface area (TPSA) is 74.1 Å². The van der Waals surface area contributed by atoms with Crippen molar-refractivity contribution in [2.75, 3.05) is 10.8 Å². The lowest BCUT2D eigenvalue weighted by Gasteiger charge is -2.20. The quantitative estimate of drug-likeness (QED) is 0.619. The highest BCUT2D eigenvalue weighted by Crippen LogP contribution is 2.39. The summed E-state index contributed by atoms with van der Waals surface area (Å²) in [5.41, 5.74) is 2.05. The van der Waals surface area contributed by atoms with Crippen LogP contribution in [-0.2, 0) is 22.6 Å². The second-order valence-electron chi connectivity index (χ2n) is 6.73. The average molecular weight is 429 g/mol. The maximum absolute atomic E-state index is 13.1. The zero-order valence-electron chi connectivity index (χ0n) is 15.4. The van der Waals surface area contributed by atoms with Gasteiger partial charge in [-0.1, -0.05) is 18.2 Å². The number of halogens is 3. The Bertz CT molecular complexity index is 1260. The first-order valence-corrected chi connectivity index (χ1v) is 10.3. The molecule has 152 valence electrons. The Morgan fingerprint density at radius 3 is 2.47 bits per heavy atom. The van der Waals surface area contributed by atoms with Crippen molar-refractivity contribution in [2.45, 2.75) is 17.5 Å². The Kier molecular flexibility index (Phi) is 4.74. The summed E-state index contributed by atoms with van der Waals surface area (Å²) in [4.78, 5) is 3.72. The number of nitriles is 1. The minimum Gasteiger partial charge on any atom is -0.264 e. The van der Waals surface area contributed by atoms with E-state index in [2.05, 4.69) is 4.98 Å². The molecule has 0 saturated heterocycles. The fourth-order valence-corrected chi connectivity index (χ4v) is 5.00. The Labute approximate surface area is 171 Å². The van der Waals surface area contributed by atoms with Crippen LogP contribution >= 0.6 is 0 Å². The van der Waals surface area contributed by atoms with Gasteiger partial charge in [-0.3, -0.25) is 9.29 Å². The molecule has 0 spiro atoms. The van der Waals surface area contributed by atoms with Crippen LogP contribution in [0.1, 0.15) is 16.7 Å². The summed E-state index contributed by atoms with van der Waals surface area (Å²) in [7, 11) is -4.19. The number of sulfonamides is 1. The zero-order valence-corrected chi connectivity index (χ0v) is 16.2. The first-order chi connectivity index (χ1) is 14.2. The average Bonchev–Trinajstić information content (AvgIpc) is 3.18. The van der Waals surface area contributed by atoms with Gasteiger partial charge in [0.2, 0.25) is 0 Å². The monoisotopic (exact) mass is 429 g/mol. The van der Waals surface area contributed by atoms with Gasteiger partial charge in [0.15, 0.2) is 0 Å². The lowest BCUT2D eigenvalue weighted by atomic mass is 9.99. The van der Waals surface area contributed by atoms with Crippen molar-refractivity contribution >= 4 is 15.7 Å². The van der Waals surface area contributed by atoms with E-state index < -0.39 is 26.7 Å². The normalized spacial score (nSPS) is 13.7. The molecule has 9 heteroatoms.